The van der Waals surface area contributed by atoms with E-state index in [1.54, 1.807) is 18.3 Å². The lowest BCUT2D eigenvalue weighted by Gasteiger charge is -1.96. The highest BCUT2D eigenvalue weighted by Gasteiger charge is 2.03. The van der Waals surface area contributed by atoms with Crippen molar-refractivity contribution in [3.63, 3.8) is 0 Å². The van der Waals surface area contributed by atoms with Crippen molar-refractivity contribution in [2.24, 2.45) is 4.99 Å². The fourth-order valence-corrected chi connectivity index (χ4v) is 1.15. The van der Waals surface area contributed by atoms with Crippen LogP contribution in [-0.4, -0.2) is 30.9 Å². The average molecular weight is 222 g/mol. The molecule has 0 atom stereocenters. The summed E-state index contributed by atoms with van der Waals surface area (Å²) in [6, 6.07) is 6.36. The Kier molecular flexibility index (Phi) is 5.15. The molecule has 0 heterocycles. The second kappa shape index (κ2) is 6.68. The highest BCUT2D eigenvalue weighted by Crippen LogP contribution is 2.11. The molecule has 1 aromatic rings. The molecule has 0 aliphatic heterocycles. The van der Waals surface area contributed by atoms with Crippen LogP contribution in [0.5, 0.6) is 0 Å². The van der Waals surface area contributed by atoms with Crippen LogP contribution in [-0.2, 0) is 4.74 Å². The number of nitro benzene ring substituents is 1. The van der Waals surface area contributed by atoms with Gasteiger partial charge in [0.25, 0.3) is 5.69 Å². The molecule has 16 heavy (non-hydrogen) atoms. The van der Waals surface area contributed by atoms with Gasteiger partial charge < -0.3 is 4.74 Å². The van der Waals surface area contributed by atoms with Crippen LogP contribution in [0.3, 0.4) is 0 Å². The van der Waals surface area contributed by atoms with Gasteiger partial charge in [0.05, 0.1) is 18.1 Å². The molecule has 0 fully saturated rings. The Hall–Kier alpha value is -1.75. The van der Waals surface area contributed by atoms with E-state index in [1.807, 2.05) is 6.92 Å². The van der Waals surface area contributed by atoms with E-state index in [-0.39, 0.29) is 5.69 Å². The normalized spacial score (nSPS) is 10.8. The van der Waals surface area contributed by atoms with Crippen LogP contribution in [0.1, 0.15) is 12.5 Å². The van der Waals surface area contributed by atoms with E-state index in [0.717, 1.165) is 5.56 Å². The third-order valence-corrected chi connectivity index (χ3v) is 1.89. The summed E-state index contributed by atoms with van der Waals surface area (Å²) in [5, 5.41) is 10.5. The molecule has 0 radical (unpaired) electrons. The van der Waals surface area contributed by atoms with Gasteiger partial charge in [0.15, 0.2) is 0 Å². The molecule has 0 unspecified atom stereocenters. The van der Waals surface area contributed by atoms with Crippen molar-refractivity contribution in [2.45, 2.75) is 6.92 Å². The first-order valence-electron chi connectivity index (χ1n) is 5.06. The lowest BCUT2D eigenvalue weighted by Crippen LogP contribution is -1.97. The average Bonchev–Trinajstić information content (AvgIpc) is 2.29. The van der Waals surface area contributed by atoms with Crippen molar-refractivity contribution in [1.29, 1.82) is 0 Å². The molecular weight excluding hydrogens is 208 g/mol. The Balaban J connectivity index is 2.53. The highest BCUT2D eigenvalue weighted by molar-refractivity contribution is 5.80. The van der Waals surface area contributed by atoms with Crippen LogP contribution in [0, 0.1) is 10.1 Å². The van der Waals surface area contributed by atoms with Crippen LogP contribution in [0.2, 0.25) is 0 Å². The van der Waals surface area contributed by atoms with Gasteiger partial charge in [-0.25, -0.2) is 0 Å². The molecule has 0 spiro atoms. The van der Waals surface area contributed by atoms with E-state index < -0.39 is 4.92 Å². The summed E-state index contributed by atoms with van der Waals surface area (Å²) in [5.74, 6) is 0. The molecule has 0 N–H and O–H groups in total. The molecule has 0 bridgehead atoms. The minimum absolute atomic E-state index is 0.0776. The maximum atomic E-state index is 10.5. The largest absolute Gasteiger partial charge is 0.380 e. The summed E-state index contributed by atoms with van der Waals surface area (Å²) in [5.41, 5.74) is 0.805. The molecule has 0 aliphatic carbocycles. The zero-order chi connectivity index (χ0) is 11.8. The molecule has 0 saturated heterocycles. The maximum Gasteiger partial charge on any atom is 0.270 e. The van der Waals surface area contributed by atoms with Gasteiger partial charge in [0.2, 0.25) is 0 Å². The second-order valence-electron chi connectivity index (χ2n) is 3.08. The Morgan fingerprint density at radius 1 is 1.56 bits per heavy atom. The van der Waals surface area contributed by atoms with E-state index in [2.05, 4.69) is 4.99 Å². The molecule has 5 nitrogen and oxygen atoms in total. The number of ether oxygens (including phenoxy) is 1. The number of benzene rings is 1. The smallest absolute Gasteiger partial charge is 0.270 e. The zero-order valence-electron chi connectivity index (χ0n) is 9.13. The lowest BCUT2D eigenvalue weighted by atomic mass is 10.2. The fourth-order valence-electron chi connectivity index (χ4n) is 1.15. The topological polar surface area (TPSA) is 64.7 Å². The zero-order valence-corrected chi connectivity index (χ0v) is 9.13. The molecule has 0 aromatic heterocycles. The fraction of sp³-hybridized carbons (Fsp3) is 0.364. The quantitative estimate of drug-likeness (QED) is 0.320. The van der Waals surface area contributed by atoms with Crippen LogP contribution in [0.15, 0.2) is 29.3 Å². The van der Waals surface area contributed by atoms with Crippen LogP contribution in [0.4, 0.5) is 5.69 Å². The van der Waals surface area contributed by atoms with Crippen LogP contribution >= 0.6 is 0 Å². The second-order valence-corrected chi connectivity index (χ2v) is 3.08. The monoisotopic (exact) mass is 222 g/mol. The van der Waals surface area contributed by atoms with Crippen molar-refractivity contribution in [2.75, 3.05) is 19.8 Å². The van der Waals surface area contributed by atoms with E-state index in [4.69, 9.17) is 4.74 Å². The van der Waals surface area contributed by atoms with Crippen molar-refractivity contribution in [3.8, 4) is 0 Å². The predicted molar refractivity (Wildman–Crippen MR) is 62.1 cm³/mol. The van der Waals surface area contributed by atoms with Gasteiger partial charge in [-0.2, -0.15) is 0 Å². The van der Waals surface area contributed by atoms with Crippen LogP contribution in [0.25, 0.3) is 0 Å². The number of non-ortho nitro benzene ring substituents is 1. The summed E-state index contributed by atoms with van der Waals surface area (Å²) in [4.78, 5) is 14.2. The minimum atomic E-state index is -0.419. The molecular formula is C11H14N2O3. The Bertz CT molecular complexity index is 377. The number of hydrogen-bond donors (Lipinski definition) is 0. The molecule has 5 heteroatoms. The number of nitro groups is 1. The minimum Gasteiger partial charge on any atom is -0.380 e. The van der Waals surface area contributed by atoms with Crippen molar-refractivity contribution >= 4 is 11.9 Å². The highest BCUT2D eigenvalue weighted by atomic mass is 16.6. The van der Waals surface area contributed by atoms with Gasteiger partial charge in [-0.15, -0.1) is 0 Å². The number of hydrogen-bond acceptors (Lipinski definition) is 4. The van der Waals surface area contributed by atoms with Gasteiger partial charge >= 0.3 is 0 Å². The maximum absolute atomic E-state index is 10.5. The van der Waals surface area contributed by atoms with E-state index in [0.29, 0.717) is 19.8 Å². The number of nitrogens with zero attached hydrogens (tertiary/aromatic N) is 2. The summed E-state index contributed by atoms with van der Waals surface area (Å²) in [6.45, 7) is 3.73. The van der Waals surface area contributed by atoms with E-state index >= 15 is 0 Å². The first-order valence-corrected chi connectivity index (χ1v) is 5.06. The van der Waals surface area contributed by atoms with Gasteiger partial charge in [-0.05, 0) is 12.5 Å². The summed E-state index contributed by atoms with van der Waals surface area (Å²) >= 11 is 0. The Morgan fingerprint density at radius 2 is 2.38 bits per heavy atom. The van der Waals surface area contributed by atoms with Gasteiger partial charge in [-0.3, -0.25) is 15.1 Å². The first-order chi connectivity index (χ1) is 7.74. The van der Waals surface area contributed by atoms with E-state index in [9.17, 15) is 10.1 Å². The third-order valence-electron chi connectivity index (χ3n) is 1.89. The van der Waals surface area contributed by atoms with Crippen molar-refractivity contribution in [3.05, 3.63) is 39.9 Å². The summed E-state index contributed by atoms with van der Waals surface area (Å²) in [7, 11) is 0. The number of rotatable bonds is 6. The molecule has 86 valence electrons. The lowest BCUT2D eigenvalue weighted by molar-refractivity contribution is -0.384. The Morgan fingerprint density at radius 3 is 3.06 bits per heavy atom. The molecule has 0 amide bonds. The summed E-state index contributed by atoms with van der Waals surface area (Å²) < 4.78 is 5.11. The van der Waals surface area contributed by atoms with E-state index in [1.165, 1.54) is 12.1 Å². The Labute approximate surface area is 93.9 Å². The third kappa shape index (κ3) is 4.18. The SMILES string of the molecule is CCOCCN=Cc1cccc([N+](=O)[O-])c1. The van der Waals surface area contributed by atoms with Crippen molar-refractivity contribution in [1.82, 2.24) is 0 Å². The molecule has 0 saturated carbocycles. The molecule has 1 aromatic carbocycles. The van der Waals surface area contributed by atoms with Gasteiger partial charge in [-0.1, -0.05) is 12.1 Å². The predicted octanol–water partition coefficient (Wildman–Crippen LogP) is 2.05. The number of aliphatic imine (C=N–C) groups is 1. The van der Waals surface area contributed by atoms with Gasteiger partial charge in [0.1, 0.15) is 0 Å². The first kappa shape index (κ1) is 12.3. The molecule has 1 rings (SSSR count). The summed E-state index contributed by atoms with van der Waals surface area (Å²) in [6.07, 6.45) is 1.62. The van der Waals surface area contributed by atoms with Gasteiger partial charge in [0, 0.05) is 25.0 Å². The standard InChI is InChI=1S/C11H14N2O3/c1-2-16-7-6-12-9-10-4-3-5-11(8-10)13(14)15/h3-5,8-9H,2,6-7H2,1H3. The molecule has 0 aliphatic rings. The van der Waals surface area contributed by atoms with Crippen LogP contribution < -0.4 is 0 Å². The van der Waals surface area contributed by atoms with Crippen molar-refractivity contribution < 1.29 is 9.66 Å².